The number of aliphatic hydroxyl groups is 3. The Morgan fingerprint density at radius 2 is 1.90 bits per heavy atom. The van der Waals surface area contributed by atoms with Gasteiger partial charge in [0.15, 0.2) is 11.4 Å². The summed E-state index contributed by atoms with van der Waals surface area (Å²) in [6.07, 6.45) is 0.0848. The van der Waals surface area contributed by atoms with Gasteiger partial charge >= 0.3 is 0 Å². The number of phenols is 1. The van der Waals surface area contributed by atoms with E-state index in [1.807, 2.05) is 0 Å². The smallest absolute Gasteiger partial charge is 0.255 e. The molecule has 0 saturated carbocycles. The molecule has 0 aromatic heterocycles. The van der Waals surface area contributed by atoms with Crippen LogP contribution in [0.3, 0.4) is 0 Å². The molecular formula is C22H19NO7. The minimum absolute atomic E-state index is 0.0353. The zero-order valence-electron chi connectivity index (χ0n) is 16.0. The van der Waals surface area contributed by atoms with Crippen molar-refractivity contribution in [1.29, 1.82) is 0 Å². The Bertz CT molecular complexity index is 1160. The largest absolute Gasteiger partial charge is 0.511 e. The number of aromatic hydroxyl groups is 1. The van der Waals surface area contributed by atoms with Gasteiger partial charge in [-0.15, -0.1) is 5.92 Å². The quantitative estimate of drug-likeness (QED) is 0.341. The summed E-state index contributed by atoms with van der Waals surface area (Å²) in [4.78, 5) is 37.7. The number of carbonyl (C=O) groups is 3. The Hall–Kier alpha value is -3.57. The number of hydrogen-bond acceptors (Lipinski definition) is 7. The van der Waals surface area contributed by atoms with Gasteiger partial charge in [-0.2, -0.15) is 0 Å². The Morgan fingerprint density at radius 1 is 1.20 bits per heavy atom. The normalized spacial score (nSPS) is 27.7. The number of phenolic OH excluding ortho intramolecular Hbond substituents is 1. The van der Waals surface area contributed by atoms with Crippen molar-refractivity contribution < 1.29 is 34.8 Å². The molecule has 0 saturated heterocycles. The van der Waals surface area contributed by atoms with Gasteiger partial charge < -0.3 is 26.2 Å². The summed E-state index contributed by atoms with van der Waals surface area (Å²) in [6.45, 7) is 1.64. The fourth-order valence-corrected chi connectivity index (χ4v) is 4.87. The van der Waals surface area contributed by atoms with E-state index >= 15 is 0 Å². The average molecular weight is 409 g/mol. The van der Waals surface area contributed by atoms with Gasteiger partial charge in [0, 0.05) is 23.5 Å². The molecule has 3 aliphatic rings. The van der Waals surface area contributed by atoms with E-state index < -0.39 is 52.0 Å². The van der Waals surface area contributed by atoms with Crippen molar-refractivity contribution in [3.8, 4) is 17.6 Å². The molecule has 0 radical (unpaired) electrons. The third-order valence-corrected chi connectivity index (χ3v) is 6.20. The van der Waals surface area contributed by atoms with Crippen molar-refractivity contribution in [3.63, 3.8) is 0 Å². The standard InChI is InChI=1S/C22H19NO7/c1-2-3-9-4-5-13(24)16-12(9)7-10-6-11-8-14(25)17(21(23)29)20(28)22(11,30)19(27)15(10)18(16)26/h4-5,10-11,24-25,27,30H,6-8H2,1H3,(H2,23,29)/t10-,11+,22+/m1/s1. The van der Waals surface area contributed by atoms with Crippen LogP contribution in [-0.2, 0) is 16.0 Å². The van der Waals surface area contributed by atoms with Crippen molar-refractivity contribution in [2.45, 2.75) is 31.8 Å². The van der Waals surface area contributed by atoms with Gasteiger partial charge in [0.2, 0.25) is 5.78 Å². The Morgan fingerprint density at radius 3 is 2.53 bits per heavy atom. The number of amides is 1. The first-order valence-electron chi connectivity index (χ1n) is 9.37. The highest BCUT2D eigenvalue weighted by atomic mass is 16.3. The molecule has 0 heterocycles. The summed E-state index contributed by atoms with van der Waals surface area (Å²) in [6, 6.07) is 2.93. The molecule has 30 heavy (non-hydrogen) atoms. The highest BCUT2D eigenvalue weighted by Crippen LogP contribution is 2.51. The number of fused-ring (bicyclic) bond motifs is 3. The molecule has 0 fully saturated rings. The molecule has 0 unspecified atom stereocenters. The highest BCUT2D eigenvalue weighted by Gasteiger charge is 2.59. The number of aliphatic hydroxyl groups excluding tert-OH is 2. The van der Waals surface area contributed by atoms with Crippen molar-refractivity contribution in [3.05, 3.63) is 51.5 Å². The zero-order valence-corrected chi connectivity index (χ0v) is 16.0. The Kier molecular flexibility index (Phi) is 4.26. The van der Waals surface area contributed by atoms with Crippen LogP contribution in [0.2, 0.25) is 0 Å². The maximum absolute atomic E-state index is 13.2. The van der Waals surface area contributed by atoms with E-state index in [0.29, 0.717) is 11.1 Å². The molecule has 3 aliphatic carbocycles. The molecular weight excluding hydrogens is 390 g/mol. The topological polar surface area (TPSA) is 158 Å². The first-order chi connectivity index (χ1) is 14.1. The maximum atomic E-state index is 13.2. The van der Waals surface area contributed by atoms with Crippen molar-refractivity contribution in [2.24, 2.45) is 17.6 Å². The summed E-state index contributed by atoms with van der Waals surface area (Å²) in [7, 11) is 0. The second kappa shape index (κ2) is 6.47. The van der Waals surface area contributed by atoms with Crippen molar-refractivity contribution >= 4 is 17.5 Å². The average Bonchev–Trinajstić information content (AvgIpc) is 2.66. The van der Waals surface area contributed by atoms with E-state index in [1.165, 1.54) is 6.07 Å². The summed E-state index contributed by atoms with van der Waals surface area (Å²) in [5, 5.41) is 42.5. The summed E-state index contributed by atoms with van der Waals surface area (Å²) in [5.74, 6) is -0.747. The molecule has 6 N–H and O–H groups in total. The van der Waals surface area contributed by atoms with E-state index in [0.717, 1.165) is 0 Å². The van der Waals surface area contributed by atoms with E-state index in [9.17, 15) is 34.8 Å². The molecule has 0 bridgehead atoms. The van der Waals surface area contributed by atoms with E-state index in [2.05, 4.69) is 11.8 Å². The molecule has 4 rings (SSSR count). The molecule has 0 aliphatic heterocycles. The van der Waals surface area contributed by atoms with E-state index in [1.54, 1.807) is 13.0 Å². The van der Waals surface area contributed by atoms with Crippen LogP contribution >= 0.6 is 0 Å². The maximum Gasteiger partial charge on any atom is 0.255 e. The second-order valence-electron chi connectivity index (χ2n) is 7.77. The summed E-state index contributed by atoms with van der Waals surface area (Å²) >= 11 is 0. The van der Waals surface area contributed by atoms with Crippen molar-refractivity contribution in [2.75, 3.05) is 0 Å². The van der Waals surface area contributed by atoms with Crippen LogP contribution in [0.4, 0.5) is 0 Å². The van der Waals surface area contributed by atoms with Gasteiger partial charge in [-0.1, -0.05) is 5.92 Å². The minimum Gasteiger partial charge on any atom is -0.511 e. The van der Waals surface area contributed by atoms with Crippen LogP contribution < -0.4 is 5.73 Å². The lowest BCUT2D eigenvalue weighted by Gasteiger charge is -2.45. The van der Waals surface area contributed by atoms with E-state index in [-0.39, 0.29) is 36.1 Å². The number of nitrogens with two attached hydrogens (primary N) is 1. The fraction of sp³-hybridized carbons (Fsp3) is 0.318. The summed E-state index contributed by atoms with van der Waals surface area (Å²) < 4.78 is 0. The molecule has 8 nitrogen and oxygen atoms in total. The number of primary amides is 1. The van der Waals surface area contributed by atoms with Crippen LogP contribution in [0.25, 0.3) is 0 Å². The van der Waals surface area contributed by atoms with Crippen LogP contribution in [0, 0.1) is 23.7 Å². The molecule has 1 aromatic carbocycles. The molecule has 3 atom stereocenters. The lowest BCUT2D eigenvalue weighted by molar-refractivity contribution is -0.144. The predicted molar refractivity (Wildman–Crippen MR) is 103 cm³/mol. The number of ketones is 2. The SMILES string of the molecule is CC#Cc1ccc(O)c2c1C[C@H]1C[C@H]3CC(O)=C(C(N)=O)C(=O)[C@@]3(O)C(O)=C1C2=O. The second-order valence-corrected chi connectivity index (χ2v) is 7.77. The number of Topliss-reactive ketones (excluding diaryl/α,β-unsaturated/α-hetero) is 2. The van der Waals surface area contributed by atoms with Gasteiger partial charge in [0.1, 0.15) is 22.8 Å². The third-order valence-electron chi connectivity index (χ3n) is 6.20. The predicted octanol–water partition coefficient (Wildman–Crippen LogP) is 0.952. The first-order valence-corrected chi connectivity index (χ1v) is 9.37. The third kappa shape index (κ3) is 2.42. The van der Waals surface area contributed by atoms with Crippen LogP contribution in [0.5, 0.6) is 5.75 Å². The number of rotatable bonds is 1. The van der Waals surface area contributed by atoms with Crippen molar-refractivity contribution in [1.82, 2.24) is 0 Å². The number of carbonyl (C=O) groups excluding carboxylic acids is 3. The van der Waals surface area contributed by atoms with Gasteiger partial charge in [-0.05, 0) is 43.4 Å². The minimum atomic E-state index is -2.55. The number of benzene rings is 1. The zero-order chi connectivity index (χ0) is 22.0. The Labute approximate surface area is 171 Å². The van der Waals surface area contributed by atoms with Crippen LogP contribution in [0.1, 0.15) is 41.3 Å². The van der Waals surface area contributed by atoms with Gasteiger partial charge in [-0.3, -0.25) is 14.4 Å². The summed E-state index contributed by atoms with van der Waals surface area (Å²) in [5.41, 5.74) is 2.70. The Balaban J connectivity index is 1.93. The van der Waals surface area contributed by atoms with Crippen LogP contribution in [-0.4, -0.2) is 43.5 Å². The molecule has 0 spiro atoms. The van der Waals surface area contributed by atoms with Gasteiger partial charge in [0.25, 0.3) is 5.91 Å². The number of hydrogen-bond donors (Lipinski definition) is 5. The molecule has 1 aromatic rings. The lowest BCUT2D eigenvalue weighted by atomic mass is 9.60. The first kappa shape index (κ1) is 19.7. The van der Waals surface area contributed by atoms with Gasteiger partial charge in [-0.25, -0.2) is 0 Å². The molecule has 8 heteroatoms. The molecule has 154 valence electrons. The fourth-order valence-electron chi connectivity index (χ4n) is 4.87. The van der Waals surface area contributed by atoms with Gasteiger partial charge in [0.05, 0.1) is 5.56 Å². The number of allylic oxidation sites excluding steroid dienone is 2. The van der Waals surface area contributed by atoms with E-state index in [4.69, 9.17) is 5.73 Å². The monoisotopic (exact) mass is 409 g/mol. The lowest BCUT2D eigenvalue weighted by Crippen LogP contribution is -2.57. The highest BCUT2D eigenvalue weighted by molar-refractivity contribution is 6.24. The van der Waals surface area contributed by atoms with Crippen LogP contribution in [0.15, 0.2) is 34.8 Å². The molecule has 1 amide bonds.